The van der Waals surface area contributed by atoms with E-state index in [2.05, 4.69) is 5.10 Å². The number of rotatable bonds is 3. The first-order valence-corrected chi connectivity index (χ1v) is 6.84. The summed E-state index contributed by atoms with van der Waals surface area (Å²) in [6.45, 7) is 4.04. The van der Waals surface area contributed by atoms with Crippen molar-refractivity contribution in [3.8, 4) is 11.1 Å². The van der Waals surface area contributed by atoms with Gasteiger partial charge in [0.1, 0.15) is 11.5 Å². The quantitative estimate of drug-likeness (QED) is 0.674. The van der Waals surface area contributed by atoms with Crippen molar-refractivity contribution in [3.63, 3.8) is 0 Å². The molecule has 3 nitrogen and oxygen atoms in total. The van der Waals surface area contributed by atoms with Gasteiger partial charge in [0.2, 0.25) is 0 Å². The smallest absolute Gasteiger partial charge is 0.170 e. The summed E-state index contributed by atoms with van der Waals surface area (Å²) < 4.78 is 14.9. The molecule has 0 saturated carbocycles. The van der Waals surface area contributed by atoms with Gasteiger partial charge in [-0.25, -0.2) is 4.39 Å². The summed E-state index contributed by atoms with van der Waals surface area (Å²) in [6, 6.07) is 12.2. The standard InChI is InChI=1S/C17H15FN2O/c1-11(2)20-16-5-3-4-14(17(16)15(10-21)19-20)12-6-8-13(18)9-7-12/h3-11H,1-2H3. The molecular formula is C17H15FN2O. The van der Waals surface area contributed by atoms with Gasteiger partial charge in [-0.2, -0.15) is 5.10 Å². The highest BCUT2D eigenvalue weighted by molar-refractivity contribution is 6.04. The fourth-order valence-electron chi connectivity index (χ4n) is 2.57. The lowest BCUT2D eigenvalue weighted by Crippen LogP contribution is -2.02. The molecule has 0 N–H and O–H groups in total. The summed E-state index contributed by atoms with van der Waals surface area (Å²) in [5.41, 5.74) is 3.09. The van der Waals surface area contributed by atoms with E-state index in [1.165, 1.54) is 12.1 Å². The van der Waals surface area contributed by atoms with Crippen LogP contribution in [-0.4, -0.2) is 16.1 Å². The Morgan fingerprint density at radius 3 is 2.48 bits per heavy atom. The predicted molar refractivity (Wildman–Crippen MR) is 80.9 cm³/mol. The zero-order valence-corrected chi connectivity index (χ0v) is 11.9. The van der Waals surface area contributed by atoms with Crippen LogP contribution in [0.25, 0.3) is 22.0 Å². The Morgan fingerprint density at radius 2 is 1.86 bits per heavy atom. The molecule has 0 unspecified atom stereocenters. The molecule has 106 valence electrons. The first kappa shape index (κ1) is 13.5. The fourth-order valence-corrected chi connectivity index (χ4v) is 2.57. The van der Waals surface area contributed by atoms with Crippen LogP contribution in [0.4, 0.5) is 4.39 Å². The van der Waals surface area contributed by atoms with Crippen LogP contribution in [-0.2, 0) is 0 Å². The Labute approximate surface area is 122 Å². The monoisotopic (exact) mass is 282 g/mol. The molecule has 1 heterocycles. The maximum atomic E-state index is 13.1. The maximum Gasteiger partial charge on any atom is 0.170 e. The van der Waals surface area contributed by atoms with Crippen LogP contribution in [0.2, 0.25) is 0 Å². The highest BCUT2D eigenvalue weighted by Gasteiger charge is 2.16. The van der Waals surface area contributed by atoms with Crippen molar-refractivity contribution in [2.75, 3.05) is 0 Å². The summed E-state index contributed by atoms with van der Waals surface area (Å²) in [4.78, 5) is 11.4. The molecule has 0 spiro atoms. The van der Waals surface area contributed by atoms with Crippen LogP contribution in [0.1, 0.15) is 30.4 Å². The van der Waals surface area contributed by atoms with E-state index in [0.29, 0.717) is 5.69 Å². The number of nitrogens with zero attached hydrogens (tertiary/aromatic N) is 2. The summed E-state index contributed by atoms with van der Waals surface area (Å²) in [5.74, 6) is -0.278. The number of halogens is 1. The molecular weight excluding hydrogens is 267 g/mol. The number of benzene rings is 2. The lowest BCUT2D eigenvalue weighted by Gasteiger charge is -2.08. The summed E-state index contributed by atoms with van der Waals surface area (Å²) in [5, 5.41) is 5.20. The molecule has 3 aromatic rings. The largest absolute Gasteiger partial charge is 0.296 e. The van der Waals surface area contributed by atoms with Gasteiger partial charge >= 0.3 is 0 Å². The Balaban J connectivity index is 2.33. The molecule has 0 aliphatic heterocycles. The topological polar surface area (TPSA) is 34.9 Å². The van der Waals surface area contributed by atoms with Crippen molar-refractivity contribution in [1.29, 1.82) is 0 Å². The van der Waals surface area contributed by atoms with E-state index >= 15 is 0 Å². The van der Waals surface area contributed by atoms with E-state index in [4.69, 9.17) is 0 Å². The molecule has 3 rings (SSSR count). The first-order valence-electron chi connectivity index (χ1n) is 6.84. The van der Waals surface area contributed by atoms with Crippen molar-refractivity contribution in [1.82, 2.24) is 9.78 Å². The van der Waals surface area contributed by atoms with Gasteiger partial charge in [0.15, 0.2) is 6.29 Å². The minimum absolute atomic E-state index is 0.157. The number of carbonyl (C=O) groups excluding carboxylic acids is 1. The van der Waals surface area contributed by atoms with Gasteiger partial charge in [-0.3, -0.25) is 9.48 Å². The fraction of sp³-hybridized carbons (Fsp3) is 0.176. The molecule has 21 heavy (non-hydrogen) atoms. The Kier molecular flexibility index (Phi) is 3.29. The Hall–Kier alpha value is -2.49. The van der Waals surface area contributed by atoms with Crippen molar-refractivity contribution in [3.05, 3.63) is 54.0 Å². The summed E-state index contributed by atoms with van der Waals surface area (Å²) in [6.07, 6.45) is 0.772. The molecule has 4 heteroatoms. The van der Waals surface area contributed by atoms with Gasteiger partial charge in [0, 0.05) is 11.4 Å². The highest BCUT2D eigenvalue weighted by atomic mass is 19.1. The van der Waals surface area contributed by atoms with Crippen molar-refractivity contribution in [2.24, 2.45) is 0 Å². The van der Waals surface area contributed by atoms with Crippen LogP contribution in [0.15, 0.2) is 42.5 Å². The molecule has 1 aromatic heterocycles. The molecule has 0 radical (unpaired) electrons. The van der Waals surface area contributed by atoms with Crippen molar-refractivity contribution in [2.45, 2.75) is 19.9 Å². The predicted octanol–water partition coefficient (Wildman–Crippen LogP) is 4.24. The third-order valence-electron chi connectivity index (χ3n) is 3.52. The third-order valence-corrected chi connectivity index (χ3v) is 3.52. The lowest BCUT2D eigenvalue weighted by molar-refractivity contribution is 0.111. The first-order chi connectivity index (χ1) is 10.1. The minimum Gasteiger partial charge on any atom is -0.296 e. The van der Waals surface area contributed by atoms with Crippen LogP contribution in [0, 0.1) is 5.82 Å². The molecule has 0 saturated heterocycles. The van der Waals surface area contributed by atoms with E-state index < -0.39 is 0 Å². The van der Waals surface area contributed by atoms with Gasteiger partial charge < -0.3 is 0 Å². The number of carbonyl (C=O) groups is 1. The second-order valence-corrected chi connectivity index (χ2v) is 5.25. The SMILES string of the molecule is CC(C)n1nc(C=O)c2c(-c3ccc(F)cc3)cccc21. The van der Waals surface area contributed by atoms with Crippen LogP contribution >= 0.6 is 0 Å². The number of aromatic nitrogens is 2. The van der Waals surface area contributed by atoms with E-state index in [0.717, 1.165) is 28.3 Å². The minimum atomic E-state index is -0.278. The number of hydrogen-bond donors (Lipinski definition) is 0. The van der Waals surface area contributed by atoms with E-state index in [-0.39, 0.29) is 11.9 Å². The Morgan fingerprint density at radius 1 is 1.14 bits per heavy atom. The van der Waals surface area contributed by atoms with E-state index in [1.54, 1.807) is 12.1 Å². The molecule has 0 amide bonds. The zero-order valence-electron chi connectivity index (χ0n) is 11.9. The van der Waals surface area contributed by atoms with E-state index in [1.807, 2.05) is 36.7 Å². The molecule has 2 aromatic carbocycles. The third kappa shape index (κ3) is 2.23. The second-order valence-electron chi connectivity index (χ2n) is 5.25. The van der Waals surface area contributed by atoms with Gasteiger partial charge in [-0.05, 0) is 43.2 Å². The maximum absolute atomic E-state index is 13.1. The van der Waals surface area contributed by atoms with Gasteiger partial charge in [-0.15, -0.1) is 0 Å². The highest BCUT2D eigenvalue weighted by Crippen LogP contribution is 2.32. The van der Waals surface area contributed by atoms with Crippen LogP contribution in [0.5, 0.6) is 0 Å². The molecule has 0 atom stereocenters. The zero-order chi connectivity index (χ0) is 15.0. The number of hydrogen-bond acceptors (Lipinski definition) is 2. The second kappa shape index (κ2) is 5.13. The lowest BCUT2D eigenvalue weighted by atomic mass is 10.00. The van der Waals surface area contributed by atoms with Crippen LogP contribution < -0.4 is 0 Å². The number of aldehydes is 1. The average molecular weight is 282 g/mol. The molecule has 0 bridgehead atoms. The number of fused-ring (bicyclic) bond motifs is 1. The van der Waals surface area contributed by atoms with Gasteiger partial charge in [-0.1, -0.05) is 24.3 Å². The average Bonchev–Trinajstić information content (AvgIpc) is 2.87. The normalized spacial score (nSPS) is 11.2. The van der Waals surface area contributed by atoms with Crippen molar-refractivity contribution < 1.29 is 9.18 Å². The molecule has 0 aliphatic rings. The van der Waals surface area contributed by atoms with Crippen LogP contribution in [0.3, 0.4) is 0 Å². The molecule has 0 aliphatic carbocycles. The molecule has 0 fully saturated rings. The van der Waals surface area contributed by atoms with Gasteiger partial charge in [0.05, 0.1) is 5.52 Å². The van der Waals surface area contributed by atoms with E-state index in [9.17, 15) is 9.18 Å². The Bertz CT molecular complexity index is 804. The summed E-state index contributed by atoms with van der Waals surface area (Å²) >= 11 is 0. The summed E-state index contributed by atoms with van der Waals surface area (Å²) in [7, 11) is 0. The van der Waals surface area contributed by atoms with Gasteiger partial charge in [0.25, 0.3) is 0 Å². The van der Waals surface area contributed by atoms with Crippen molar-refractivity contribution >= 4 is 17.2 Å².